The van der Waals surface area contributed by atoms with Crippen molar-refractivity contribution in [1.82, 2.24) is 15.0 Å². The molecule has 0 aliphatic rings. The Morgan fingerprint density at radius 1 is 1.09 bits per heavy atom. The maximum atomic E-state index is 14.7. The average molecular weight is 482 g/mol. The van der Waals surface area contributed by atoms with Gasteiger partial charge in [-0.15, -0.1) is 0 Å². The van der Waals surface area contributed by atoms with Crippen molar-refractivity contribution < 1.29 is 28.5 Å². The summed E-state index contributed by atoms with van der Waals surface area (Å²) in [6.45, 7) is 6.32. The second kappa shape index (κ2) is 10.9. The van der Waals surface area contributed by atoms with Gasteiger partial charge in [0, 0.05) is 22.9 Å². The van der Waals surface area contributed by atoms with E-state index in [-0.39, 0.29) is 35.2 Å². The molecule has 9 heteroatoms. The molecule has 0 atom stereocenters. The first kappa shape index (κ1) is 25.6. The third-order valence-electron chi connectivity index (χ3n) is 4.94. The van der Waals surface area contributed by atoms with Gasteiger partial charge in [0.1, 0.15) is 30.2 Å². The van der Waals surface area contributed by atoms with E-state index in [0.29, 0.717) is 29.0 Å². The summed E-state index contributed by atoms with van der Waals surface area (Å²) in [4.78, 5) is 23.8. The van der Waals surface area contributed by atoms with Gasteiger partial charge < -0.3 is 19.3 Å². The van der Waals surface area contributed by atoms with Crippen molar-refractivity contribution >= 4 is 12.0 Å². The number of nitrogens with zero attached hydrogens (tertiary/aromatic N) is 3. The van der Waals surface area contributed by atoms with Crippen LogP contribution in [0.15, 0.2) is 42.7 Å². The molecular weight excluding hydrogens is 453 g/mol. The van der Waals surface area contributed by atoms with E-state index in [0.717, 1.165) is 11.8 Å². The van der Waals surface area contributed by atoms with E-state index in [4.69, 9.17) is 24.3 Å². The Hall–Kier alpha value is -4.01. The zero-order valence-corrected chi connectivity index (χ0v) is 20.3. The summed E-state index contributed by atoms with van der Waals surface area (Å²) in [5.74, 6) is -0.570. The quantitative estimate of drug-likeness (QED) is 0.428. The number of aromatic nitrogens is 3. The summed E-state index contributed by atoms with van der Waals surface area (Å²) in [7, 11) is 2.96. The molecule has 0 amide bonds. The van der Waals surface area contributed by atoms with Crippen LogP contribution in [0.1, 0.15) is 37.9 Å². The van der Waals surface area contributed by atoms with Crippen LogP contribution in [0.25, 0.3) is 17.2 Å². The molecule has 0 fully saturated rings. The Morgan fingerprint density at radius 2 is 1.86 bits per heavy atom. The van der Waals surface area contributed by atoms with E-state index in [1.807, 2.05) is 6.07 Å². The molecule has 0 aliphatic heterocycles. The number of carbonyl (C=O) groups is 1. The molecule has 3 aromatic rings. The van der Waals surface area contributed by atoms with Gasteiger partial charge in [-0.2, -0.15) is 4.98 Å². The number of halogens is 1. The average Bonchev–Trinajstić information content (AvgIpc) is 2.81. The fraction of sp³-hybridized carbons (Fsp3) is 0.308. The zero-order valence-electron chi connectivity index (χ0n) is 20.3. The van der Waals surface area contributed by atoms with Crippen LogP contribution in [0.2, 0.25) is 0 Å². The monoisotopic (exact) mass is 481 g/mol. The highest BCUT2D eigenvalue weighted by Gasteiger charge is 2.20. The molecule has 0 bridgehead atoms. The third kappa shape index (κ3) is 6.75. The van der Waals surface area contributed by atoms with Crippen molar-refractivity contribution in [3.05, 3.63) is 65.6 Å². The molecule has 8 nitrogen and oxygen atoms in total. The van der Waals surface area contributed by atoms with Crippen molar-refractivity contribution in [1.29, 1.82) is 0 Å². The first-order chi connectivity index (χ1) is 16.6. The van der Waals surface area contributed by atoms with Gasteiger partial charge in [-0.1, -0.05) is 26.8 Å². The number of ether oxygens (including phenoxy) is 3. The predicted molar refractivity (Wildman–Crippen MR) is 129 cm³/mol. The van der Waals surface area contributed by atoms with Crippen LogP contribution in [0.4, 0.5) is 4.39 Å². The summed E-state index contributed by atoms with van der Waals surface area (Å²) in [5, 5.41) is 8.88. The van der Waals surface area contributed by atoms with Crippen molar-refractivity contribution in [3.8, 4) is 28.5 Å². The molecule has 0 radical (unpaired) electrons. The second-order valence-corrected chi connectivity index (χ2v) is 8.94. The van der Waals surface area contributed by atoms with E-state index in [2.05, 4.69) is 30.7 Å². The third-order valence-corrected chi connectivity index (χ3v) is 4.94. The Morgan fingerprint density at radius 3 is 2.51 bits per heavy atom. The Labute approximate surface area is 203 Å². The van der Waals surface area contributed by atoms with Crippen LogP contribution in [-0.2, 0) is 17.8 Å². The fourth-order valence-electron chi connectivity index (χ4n) is 3.42. The number of hydrogen-bond donors (Lipinski definition) is 1. The first-order valence-corrected chi connectivity index (χ1v) is 10.9. The normalized spacial score (nSPS) is 11.5. The van der Waals surface area contributed by atoms with Crippen molar-refractivity contribution in [2.24, 2.45) is 5.41 Å². The van der Waals surface area contributed by atoms with Gasteiger partial charge in [0.05, 0.1) is 19.9 Å². The van der Waals surface area contributed by atoms with Gasteiger partial charge in [-0.25, -0.2) is 14.2 Å². The Kier molecular flexibility index (Phi) is 8.01. The minimum atomic E-state index is -1.11. The molecule has 2 aromatic heterocycles. The zero-order chi connectivity index (χ0) is 25.6. The van der Waals surface area contributed by atoms with Crippen molar-refractivity contribution in [3.63, 3.8) is 0 Å². The molecule has 35 heavy (non-hydrogen) atoms. The van der Waals surface area contributed by atoms with E-state index < -0.39 is 5.97 Å². The molecule has 0 spiro atoms. The molecular formula is C26H28FN3O5. The lowest BCUT2D eigenvalue weighted by Gasteiger charge is -2.21. The lowest BCUT2D eigenvalue weighted by molar-refractivity contribution is -0.131. The van der Waals surface area contributed by atoms with Crippen LogP contribution in [0.3, 0.4) is 0 Å². The lowest BCUT2D eigenvalue weighted by atomic mass is 9.87. The predicted octanol–water partition coefficient (Wildman–Crippen LogP) is 4.96. The second-order valence-electron chi connectivity index (χ2n) is 8.94. The topological polar surface area (TPSA) is 104 Å². The molecule has 184 valence electrons. The molecule has 0 unspecified atom stereocenters. The van der Waals surface area contributed by atoms with E-state index in [1.165, 1.54) is 32.7 Å². The standard InChI is InChI=1S/C26H28FN3O5/c1-26(2,3)13-22-18(19-12-17(33-4)7-9-20(19)27)8-6-16(30-22)14-35-25-24(34-5)21(28-15-29-25)10-11-23(31)32/h6-12,15H,13-14H2,1-5H3,(H,31,32)/b11-10+. The minimum absolute atomic E-state index is 0.0630. The Balaban J connectivity index is 1.94. The summed E-state index contributed by atoms with van der Waals surface area (Å²) < 4.78 is 31.2. The number of carboxylic acids is 1. The molecule has 3 rings (SSSR count). The van der Waals surface area contributed by atoms with E-state index >= 15 is 0 Å². The molecule has 0 aliphatic carbocycles. The number of methoxy groups -OCH3 is 2. The van der Waals surface area contributed by atoms with Crippen LogP contribution in [0.5, 0.6) is 17.4 Å². The van der Waals surface area contributed by atoms with Gasteiger partial charge in [0.2, 0.25) is 5.75 Å². The van der Waals surface area contributed by atoms with Gasteiger partial charge in [0.25, 0.3) is 5.88 Å². The lowest BCUT2D eigenvalue weighted by Crippen LogP contribution is -2.13. The number of pyridine rings is 1. The summed E-state index contributed by atoms with van der Waals surface area (Å²) in [6.07, 6.45) is 4.11. The van der Waals surface area contributed by atoms with Crippen LogP contribution >= 0.6 is 0 Å². The highest BCUT2D eigenvalue weighted by Crippen LogP contribution is 2.33. The molecule has 1 N–H and O–H groups in total. The molecule has 0 saturated heterocycles. The summed E-state index contributed by atoms with van der Waals surface area (Å²) >= 11 is 0. The Bertz CT molecular complexity index is 1240. The number of aliphatic carboxylic acids is 1. The smallest absolute Gasteiger partial charge is 0.328 e. The van der Waals surface area contributed by atoms with Crippen LogP contribution < -0.4 is 14.2 Å². The van der Waals surface area contributed by atoms with Gasteiger partial charge in [-0.3, -0.25) is 4.98 Å². The van der Waals surface area contributed by atoms with Crippen LogP contribution in [0, 0.1) is 11.2 Å². The highest BCUT2D eigenvalue weighted by atomic mass is 19.1. The van der Waals surface area contributed by atoms with E-state index in [1.54, 1.807) is 18.2 Å². The number of benzene rings is 1. The summed E-state index contributed by atoms with van der Waals surface area (Å²) in [5.41, 5.74) is 2.60. The molecule has 1 aromatic carbocycles. The maximum Gasteiger partial charge on any atom is 0.328 e. The van der Waals surface area contributed by atoms with Gasteiger partial charge in [-0.05, 0) is 42.2 Å². The number of carboxylic acid groups (broad SMARTS) is 1. The molecule has 2 heterocycles. The van der Waals surface area contributed by atoms with Gasteiger partial charge in [0.15, 0.2) is 0 Å². The fourth-order valence-corrected chi connectivity index (χ4v) is 3.42. The highest BCUT2D eigenvalue weighted by molar-refractivity contribution is 5.85. The summed E-state index contributed by atoms with van der Waals surface area (Å²) in [6, 6.07) is 8.20. The first-order valence-electron chi connectivity index (χ1n) is 10.9. The SMILES string of the molecule is COc1ccc(F)c(-c2ccc(COc3ncnc(/C=C/C(=O)O)c3OC)nc2CC(C)(C)C)c1. The van der Waals surface area contributed by atoms with E-state index in [9.17, 15) is 9.18 Å². The van der Waals surface area contributed by atoms with Crippen LogP contribution in [-0.4, -0.2) is 40.2 Å². The number of hydrogen-bond acceptors (Lipinski definition) is 7. The minimum Gasteiger partial charge on any atom is -0.497 e. The van der Waals surface area contributed by atoms with Gasteiger partial charge >= 0.3 is 5.97 Å². The van der Waals surface area contributed by atoms with Crippen molar-refractivity contribution in [2.45, 2.75) is 33.8 Å². The van der Waals surface area contributed by atoms with Crippen molar-refractivity contribution in [2.75, 3.05) is 14.2 Å². The number of rotatable bonds is 9. The maximum absolute atomic E-state index is 14.7. The largest absolute Gasteiger partial charge is 0.497 e. The molecule has 0 saturated carbocycles.